The first kappa shape index (κ1) is 22.5. The number of carbonyl (C=O) groups excluding carboxylic acids is 1. The fraction of sp³-hybridized carbons (Fsp3) is 0.167. The smallest absolute Gasteiger partial charge is 0.382 e. The number of nitrogens with one attached hydrogen (secondary N) is 1. The second kappa shape index (κ2) is 8.84. The Labute approximate surface area is 197 Å². The molecule has 0 aliphatic carbocycles. The van der Waals surface area contributed by atoms with E-state index in [1.807, 2.05) is 16.8 Å². The monoisotopic (exact) mass is 480 g/mol. The number of nitrogens with zero attached hydrogens (tertiary/aromatic N) is 4. The second-order valence-corrected chi connectivity index (χ2v) is 7.85. The van der Waals surface area contributed by atoms with Crippen LogP contribution in [0.4, 0.5) is 24.8 Å². The average Bonchev–Trinajstić information content (AvgIpc) is 3.25. The molecule has 0 saturated carbocycles. The van der Waals surface area contributed by atoms with E-state index in [2.05, 4.69) is 20.3 Å². The summed E-state index contributed by atoms with van der Waals surface area (Å²) in [6.07, 6.45) is 2.56. The topological polar surface area (TPSA) is 108 Å². The van der Waals surface area contributed by atoms with Crippen LogP contribution in [0.2, 0.25) is 0 Å². The maximum absolute atomic E-state index is 12.9. The number of rotatable bonds is 4. The standard InChI is InChI=1S/C24H19F3N6O2/c25-24(26,27)16-5-8-29-19(11-16)32-23(34)15-1-3-17(4-2-15)33-12-18(14-6-9-35-10-7-14)20-21(33)22(28)31-13-30-20/h1-6,8,11-13H,7,9-10H2,(H2,28,30,31)(H,29,32,34). The molecule has 0 bridgehead atoms. The van der Waals surface area contributed by atoms with Crippen LogP contribution >= 0.6 is 0 Å². The molecule has 35 heavy (non-hydrogen) atoms. The van der Waals surface area contributed by atoms with Crippen LogP contribution in [-0.4, -0.2) is 38.6 Å². The molecule has 8 nitrogen and oxygen atoms in total. The van der Waals surface area contributed by atoms with E-state index in [0.717, 1.165) is 35.9 Å². The summed E-state index contributed by atoms with van der Waals surface area (Å²) in [5.74, 6) is -0.465. The predicted molar refractivity (Wildman–Crippen MR) is 124 cm³/mol. The molecule has 0 atom stereocenters. The molecule has 0 saturated heterocycles. The minimum Gasteiger partial charge on any atom is -0.382 e. The molecule has 178 valence electrons. The Morgan fingerprint density at radius 2 is 1.91 bits per heavy atom. The molecule has 1 aromatic carbocycles. The van der Waals surface area contributed by atoms with E-state index in [-0.39, 0.29) is 11.4 Å². The third-order valence-electron chi connectivity index (χ3n) is 5.65. The number of nitrogens with two attached hydrogens (primary N) is 1. The van der Waals surface area contributed by atoms with Crippen molar-refractivity contribution < 1.29 is 22.7 Å². The third kappa shape index (κ3) is 4.45. The lowest BCUT2D eigenvalue weighted by Gasteiger charge is -2.12. The number of pyridine rings is 1. The van der Waals surface area contributed by atoms with E-state index >= 15 is 0 Å². The summed E-state index contributed by atoms with van der Waals surface area (Å²) in [7, 11) is 0. The van der Waals surface area contributed by atoms with Gasteiger partial charge < -0.3 is 20.4 Å². The van der Waals surface area contributed by atoms with Gasteiger partial charge >= 0.3 is 6.18 Å². The van der Waals surface area contributed by atoms with Gasteiger partial charge in [-0.15, -0.1) is 0 Å². The first-order valence-corrected chi connectivity index (χ1v) is 10.6. The Morgan fingerprint density at radius 3 is 2.63 bits per heavy atom. The Bertz CT molecular complexity index is 1440. The van der Waals surface area contributed by atoms with Crippen LogP contribution in [0.5, 0.6) is 0 Å². The van der Waals surface area contributed by atoms with Gasteiger partial charge in [-0.1, -0.05) is 6.08 Å². The van der Waals surface area contributed by atoms with Crippen molar-refractivity contribution in [2.45, 2.75) is 12.6 Å². The van der Waals surface area contributed by atoms with Crippen molar-refractivity contribution in [3.8, 4) is 5.69 Å². The number of halogens is 3. The average molecular weight is 480 g/mol. The van der Waals surface area contributed by atoms with Gasteiger partial charge in [0.05, 0.1) is 18.8 Å². The highest BCUT2D eigenvalue weighted by molar-refractivity contribution is 6.04. The Balaban J connectivity index is 1.45. The van der Waals surface area contributed by atoms with Gasteiger partial charge in [-0.3, -0.25) is 4.79 Å². The van der Waals surface area contributed by atoms with Crippen LogP contribution in [0, 0.1) is 0 Å². The van der Waals surface area contributed by atoms with Gasteiger partial charge in [0.1, 0.15) is 23.2 Å². The number of anilines is 2. The molecule has 5 rings (SSSR count). The molecule has 1 aliphatic heterocycles. The van der Waals surface area contributed by atoms with Gasteiger partial charge in [-0.25, -0.2) is 15.0 Å². The van der Waals surface area contributed by atoms with Crippen LogP contribution in [0.25, 0.3) is 22.3 Å². The van der Waals surface area contributed by atoms with Gasteiger partial charge in [0, 0.05) is 29.2 Å². The number of amides is 1. The summed E-state index contributed by atoms with van der Waals surface area (Å²) < 4.78 is 46.0. The molecule has 0 radical (unpaired) electrons. The second-order valence-electron chi connectivity index (χ2n) is 7.85. The molecule has 1 aliphatic rings. The largest absolute Gasteiger partial charge is 0.416 e. The van der Waals surface area contributed by atoms with E-state index in [9.17, 15) is 18.0 Å². The van der Waals surface area contributed by atoms with Gasteiger partial charge in [0.2, 0.25) is 0 Å². The van der Waals surface area contributed by atoms with E-state index in [1.165, 1.54) is 6.33 Å². The van der Waals surface area contributed by atoms with Gasteiger partial charge in [-0.2, -0.15) is 13.2 Å². The number of hydrogen-bond acceptors (Lipinski definition) is 6. The Morgan fingerprint density at radius 1 is 1.11 bits per heavy atom. The van der Waals surface area contributed by atoms with Crippen molar-refractivity contribution in [1.82, 2.24) is 19.5 Å². The molecule has 11 heteroatoms. The van der Waals surface area contributed by atoms with Crippen molar-refractivity contribution in [3.05, 3.63) is 77.9 Å². The minimum atomic E-state index is -4.53. The van der Waals surface area contributed by atoms with E-state index in [0.29, 0.717) is 35.8 Å². The summed E-state index contributed by atoms with van der Waals surface area (Å²) in [4.78, 5) is 25.0. The molecular formula is C24H19F3N6O2. The van der Waals surface area contributed by atoms with Crippen molar-refractivity contribution in [2.75, 3.05) is 24.3 Å². The number of benzene rings is 1. The zero-order chi connectivity index (χ0) is 24.6. The number of aromatic nitrogens is 4. The molecule has 4 aromatic rings. The molecule has 0 fully saturated rings. The lowest BCUT2D eigenvalue weighted by molar-refractivity contribution is -0.137. The van der Waals surface area contributed by atoms with Crippen molar-refractivity contribution in [2.24, 2.45) is 0 Å². The molecule has 3 aromatic heterocycles. The minimum absolute atomic E-state index is 0.190. The van der Waals surface area contributed by atoms with Gasteiger partial charge in [0.15, 0.2) is 5.82 Å². The first-order chi connectivity index (χ1) is 16.8. The van der Waals surface area contributed by atoms with Crippen LogP contribution in [-0.2, 0) is 10.9 Å². The van der Waals surface area contributed by atoms with Gasteiger partial charge in [0.25, 0.3) is 5.91 Å². The summed E-state index contributed by atoms with van der Waals surface area (Å²) in [5.41, 5.74) is 9.62. The normalized spacial score (nSPS) is 14.1. The summed E-state index contributed by atoms with van der Waals surface area (Å²) in [6, 6.07) is 8.18. The fourth-order valence-corrected chi connectivity index (χ4v) is 3.93. The molecule has 1 amide bonds. The zero-order valence-corrected chi connectivity index (χ0v) is 18.2. The number of nitrogen functional groups attached to an aromatic ring is 1. The maximum Gasteiger partial charge on any atom is 0.416 e. The Kier molecular flexibility index (Phi) is 5.69. The molecule has 0 spiro atoms. The molecule has 0 unspecified atom stereocenters. The highest BCUT2D eigenvalue weighted by atomic mass is 19.4. The summed E-state index contributed by atoms with van der Waals surface area (Å²) >= 11 is 0. The van der Waals surface area contributed by atoms with Crippen LogP contribution in [0.3, 0.4) is 0 Å². The highest BCUT2D eigenvalue weighted by Crippen LogP contribution is 2.33. The van der Waals surface area contributed by atoms with E-state index in [4.69, 9.17) is 10.5 Å². The van der Waals surface area contributed by atoms with E-state index in [1.54, 1.807) is 24.3 Å². The first-order valence-electron chi connectivity index (χ1n) is 10.6. The molecular weight excluding hydrogens is 461 g/mol. The summed E-state index contributed by atoms with van der Waals surface area (Å²) in [5, 5.41) is 2.40. The quantitative estimate of drug-likeness (QED) is 0.446. The van der Waals surface area contributed by atoms with Crippen LogP contribution in [0.1, 0.15) is 27.9 Å². The zero-order valence-electron chi connectivity index (χ0n) is 18.2. The van der Waals surface area contributed by atoms with Crippen molar-refractivity contribution in [3.63, 3.8) is 0 Å². The number of fused-ring (bicyclic) bond motifs is 1. The van der Waals surface area contributed by atoms with Crippen molar-refractivity contribution in [1.29, 1.82) is 0 Å². The molecule has 4 heterocycles. The van der Waals surface area contributed by atoms with Crippen molar-refractivity contribution >= 4 is 34.1 Å². The lowest BCUT2D eigenvalue weighted by Crippen LogP contribution is -2.14. The number of ether oxygens (including phenoxy) is 1. The number of carbonyl (C=O) groups is 1. The number of alkyl halides is 3. The van der Waals surface area contributed by atoms with E-state index < -0.39 is 17.6 Å². The van der Waals surface area contributed by atoms with Gasteiger partial charge in [-0.05, 0) is 48.4 Å². The number of hydrogen-bond donors (Lipinski definition) is 2. The Hall–Kier alpha value is -4.25. The third-order valence-corrected chi connectivity index (χ3v) is 5.65. The van der Waals surface area contributed by atoms with Crippen LogP contribution < -0.4 is 11.1 Å². The lowest BCUT2D eigenvalue weighted by atomic mass is 10.0. The SMILES string of the molecule is Nc1ncnc2c(C3=CCOCC3)cn(-c3ccc(C(=O)Nc4cc(C(F)(F)F)ccn4)cc3)c12. The van der Waals surface area contributed by atoms with Crippen LogP contribution in [0.15, 0.2) is 61.2 Å². The highest BCUT2D eigenvalue weighted by Gasteiger charge is 2.31. The molecule has 3 N–H and O–H groups in total. The summed E-state index contributed by atoms with van der Waals surface area (Å²) in [6.45, 7) is 1.14. The fourth-order valence-electron chi connectivity index (χ4n) is 3.93. The predicted octanol–water partition coefficient (Wildman–Crippen LogP) is 4.47. The maximum atomic E-state index is 12.9.